The maximum atomic E-state index is 13.4. The molecule has 0 saturated carbocycles. The average Bonchev–Trinajstić information content (AvgIpc) is 3.51. The smallest absolute Gasteiger partial charge is 0.294 e. The van der Waals surface area contributed by atoms with Crippen molar-refractivity contribution in [3.63, 3.8) is 0 Å². The molecule has 5 rings (SSSR count). The van der Waals surface area contributed by atoms with Gasteiger partial charge in [-0.25, -0.2) is 0 Å². The summed E-state index contributed by atoms with van der Waals surface area (Å²) >= 11 is 0. The first-order valence-electron chi connectivity index (χ1n) is 10.5. The number of H-pyrrole nitrogens is 1. The summed E-state index contributed by atoms with van der Waals surface area (Å²) in [5.41, 5.74) is 4.23. The molecule has 1 unspecified atom stereocenters. The minimum atomic E-state index is -0.802. The summed E-state index contributed by atoms with van der Waals surface area (Å²) in [7, 11) is 0. The van der Waals surface area contributed by atoms with Gasteiger partial charge in [-0.05, 0) is 49.2 Å². The van der Waals surface area contributed by atoms with Crippen LogP contribution in [-0.2, 0) is 11.2 Å². The molecule has 4 aromatic rings. The fraction of sp³-hybridized carbons (Fsp3) is 0.154. The van der Waals surface area contributed by atoms with Crippen LogP contribution in [0, 0.1) is 6.92 Å². The molecule has 1 aliphatic rings. The molecule has 6 nitrogen and oxygen atoms in total. The molecule has 32 heavy (non-hydrogen) atoms. The summed E-state index contributed by atoms with van der Waals surface area (Å²) < 4.78 is 5.31. The van der Waals surface area contributed by atoms with E-state index in [9.17, 15) is 14.7 Å². The van der Waals surface area contributed by atoms with Gasteiger partial charge in [-0.15, -0.1) is 0 Å². The average molecular weight is 426 g/mol. The lowest BCUT2D eigenvalue weighted by molar-refractivity contribution is -0.117. The van der Waals surface area contributed by atoms with Gasteiger partial charge in [-0.1, -0.05) is 37.3 Å². The van der Waals surface area contributed by atoms with Crippen LogP contribution in [0.4, 0.5) is 5.69 Å². The number of aryl methyl sites for hydroxylation is 2. The predicted octanol–water partition coefficient (Wildman–Crippen LogP) is 5.41. The van der Waals surface area contributed by atoms with Crippen LogP contribution in [-0.4, -0.2) is 21.8 Å². The number of benzene rings is 2. The van der Waals surface area contributed by atoms with Crippen LogP contribution in [0.25, 0.3) is 10.9 Å². The van der Waals surface area contributed by atoms with E-state index in [1.807, 2.05) is 55.5 Å². The molecular formula is C26H22N2O4. The lowest BCUT2D eigenvalue weighted by atomic mass is 9.92. The molecular weight excluding hydrogens is 404 g/mol. The molecule has 0 bridgehead atoms. The third-order valence-corrected chi connectivity index (χ3v) is 6.04. The molecule has 0 radical (unpaired) electrons. The van der Waals surface area contributed by atoms with Crippen LogP contribution >= 0.6 is 0 Å². The van der Waals surface area contributed by atoms with Crippen molar-refractivity contribution in [1.82, 2.24) is 4.98 Å². The number of rotatable bonds is 5. The monoisotopic (exact) mass is 426 g/mol. The Hall–Kier alpha value is -4.06. The van der Waals surface area contributed by atoms with E-state index in [1.165, 1.54) is 17.2 Å². The number of fused-ring (bicyclic) bond motifs is 1. The highest BCUT2D eigenvalue weighted by atomic mass is 16.3. The van der Waals surface area contributed by atoms with Crippen molar-refractivity contribution in [3.8, 4) is 0 Å². The second kappa shape index (κ2) is 7.57. The number of amides is 1. The lowest BCUT2D eigenvalue weighted by Crippen LogP contribution is -2.31. The standard InChI is InChI=1S/C26H22N2O4/c1-3-16-10-12-17(13-11-16)28-23(21-15(2)27-19-8-5-4-7-18(19)21)22(25(30)26(28)31)24(29)20-9-6-14-32-20/h4-14,23,27,30H,3H2,1-2H3. The van der Waals surface area contributed by atoms with Gasteiger partial charge in [-0.2, -0.15) is 0 Å². The number of furan rings is 1. The zero-order chi connectivity index (χ0) is 22.4. The number of nitrogens with zero attached hydrogens (tertiary/aromatic N) is 1. The largest absolute Gasteiger partial charge is 0.503 e. The van der Waals surface area contributed by atoms with E-state index < -0.39 is 23.5 Å². The second-order valence-electron chi connectivity index (χ2n) is 7.88. The fourth-order valence-corrected chi connectivity index (χ4v) is 4.46. The molecule has 0 aliphatic carbocycles. The van der Waals surface area contributed by atoms with E-state index in [0.29, 0.717) is 5.69 Å². The summed E-state index contributed by atoms with van der Waals surface area (Å²) in [6.45, 7) is 3.96. The number of aliphatic hydroxyl groups excluding tert-OH is 1. The van der Waals surface area contributed by atoms with Gasteiger partial charge in [0, 0.05) is 27.8 Å². The van der Waals surface area contributed by atoms with Crippen LogP contribution in [0.2, 0.25) is 0 Å². The number of Topliss-reactive ketones (excluding diaryl/α,β-unsaturated/α-hetero) is 1. The Balaban J connectivity index is 1.75. The summed E-state index contributed by atoms with van der Waals surface area (Å²) in [5, 5.41) is 11.8. The maximum absolute atomic E-state index is 13.4. The molecule has 1 amide bonds. The Morgan fingerprint density at radius 3 is 2.53 bits per heavy atom. The number of hydrogen-bond acceptors (Lipinski definition) is 4. The van der Waals surface area contributed by atoms with Crippen molar-refractivity contribution in [2.45, 2.75) is 26.3 Å². The molecule has 160 valence electrons. The van der Waals surface area contributed by atoms with Crippen LogP contribution in [0.5, 0.6) is 0 Å². The molecule has 0 spiro atoms. The van der Waals surface area contributed by atoms with Crippen LogP contribution in [0.15, 0.2) is 82.7 Å². The third kappa shape index (κ3) is 2.95. The summed E-state index contributed by atoms with van der Waals surface area (Å²) in [5.74, 6) is -1.60. The van der Waals surface area contributed by atoms with Crippen molar-refractivity contribution < 1.29 is 19.1 Å². The van der Waals surface area contributed by atoms with E-state index >= 15 is 0 Å². The number of aromatic nitrogens is 1. The van der Waals surface area contributed by atoms with Crippen molar-refractivity contribution in [2.75, 3.05) is 4.90 Å². The van der Waals surface area contributed by atoms with Gasteiger partial charge >= 0.3 is 0 Å². The molecule has 2 N–H and O–H groups in total. The minimum Gasteiger partial charge on any atom is -0.503 e. The summed E-state index contributed by atoms with van der Waals surface area (Å²) in [4.78, 5) is 31.6. The Kier molecular flexibility index (Phi) is 4.70. The van der Waals surface area contributed by atoms with Gasteiger partial charge in [0.2, 0.25) is 5.78 Å². The van der Waals surface area contributed by atoms with E-state index in [-0.39, 0.29) is 11.3 Å². The first-order chi connectivity index (χ1) is 15.5. The Morgan fingerprint density at radius 1 is 1.09 bits per heavy atom. The van der Waals surface area contributed by atoms with Gasteiger partial charge in [0.1, 0.15) is 0 Å². The fourth-order valence-electron chi connectivity index (χ4n) is 4.46. The first-order valence-corrected chi connectivity index (χ1v) is 10.5. The highest BCUT2D eigenvalue weighted by molar-refractivity contribution is 6.20. The second-order valence-corrected chi connectivity index (χ2v) is 7.88. The zero-order valence-corrected chi connectivity index (χ0v) is 17.8. The van der Waals surface area contributed by atoms with Crippen molar-refractivity contribution in [1.29, 1.82) is 0 Å². The molecule has 3 heterocycles. The Morgan fingerprint density at radius 2 is 1.84 bits per heavy atom. The van der Waals surface area contributed by atoms with E-state index in [0.717, 1.165) is 34.1 Å². The number of nitrogens with one attached hydrogen (secondary N) is 1. The third-order valence-electron chi connectivity index (χ3n) is 6.04. The number of para-hydroxylation sites is 1. The number of carbonyl (C=O) groups excluding carboxylic acids is 2. The number of ketones is 1. The number of anilines is 1. The molecule has 1 aliphatic heterocycles. The van der Waals surface area contributed by atoms with Gasteiger partial charge in [0.05, 0.1) is 17.9 Å². The topological polar surface area (TPSA) is 86.5 Å². The normalized spacial score (nSPS) is 16.4. The molecule has 2 aromatic heterocycles. The van der Waals surface area contributed by atoms with Crippen LogP contribution < -0.4 is 4.90 Å². The van der Waals surface area contributed by atoms with Crippen LogP contribution in [0.1, 0.15) is 40.3 Å². The highest BCUT2D eigenvalue weighted by Crippen LogP contribution is 2.45. The number of aromatic amines is 1. The summed E-state index contributed by atoms with van der Waals surface area (Å²) in [6.07, 6.45) is 2.26. The number of hydrogen-bond donors (Lipinski definition) is 2. The summed E-state index contributed by atoms with van der Waals surface area (Å²) in [6, 6.07) is 17.7. The lowest BCUT2D eigenvalue weighted by Gasteiger charge is -2.27. The molecule has 2 aromatic carbocycles. The number of carbonyl (C=O) groups is 2. The minimum absolute atomic E-state index is 0.0115. The molecule has 0 saturated heterocycles. The van der Waals surface area contributed by atoms with Gasteiger partial charge in [0.25, 0.3) is 5.91 Å². The SMILES string of the molecule is CCc1ccc(N2C(=O)C(O)=C(C(=O)c3ccco3)C2c2c(C)[nH]c3ccccc23)cc1. The Bertz CT molecular complexity index is 1360. The van der Waals surface area contributed by atoms with Crippen molar-refractivity contribution >= 4 is 28.3 Å². The van der Waals surface area contributed by atoms with E-state index in [4.69, 9.17) is 4.42 Å². The van der Waals surface area contributed by atoms with Crippen molar-refractivity contribution in [2.24, 2.45) is 0 Å². The zero-order valence-electron chi connectivity index (χ0n) is 17.8. The maximum Gasteiger partial charge on any atom is 0.294 e. The van der Waals surface area contributed by atoms with Gasteiger partial charge < -0.3 is 14.5 Å². The van der Waals surface area contributed by atoms with Crippen LogP contribution in [0.3, 0.4) is 0 Å². The molecule has 1 atom stereocenters. The molecule has 0 fully saturated rings. The van der Waals surface area contributed by atoms with Gasteiger partial charge in [-0.3, -0.25) is 14.5 Å². The quantitative estimate of drug-likeness (QED) is 0.418. The predicted molar refractivity (Wildman–Crippen MR) is 122 cm³/mol. The van der Waals surface area contributed by atoms with E-state index in [2.05, 4.69) is 11.9 Å². The first kappa shape index (κ1) is 19.9. The van der Waals surface area contributed by atoms with Crippen molar-refractivity contribution in [3.05, 3.63) is 101 Å². The number of aliphatic hydroxyl groups is 1. The van der Waals surface area contributed by atoms with Gasteiger partial charge in [0.15, 0.2) is 11.5 Å². The van der Waals surface area contributed by atoms with E-state index in [1.54, 1.807) is 6.07 Å². The Labute approximate surface area is 184 Å². The molecule has 6 heteroatoms. The highest BCUT2D eigenvalue weighted by Gasteiger charge is 2.46.